The monoisotopic (exact) mass is 293 g/mol. The normalized spacial score (nSPS) is 20.7. The summed E-state index contributed by atoms with van der Waals surface area (Å²) in [5, 5.41) is 13.6. The molecule has 1 aliphatic rings. The molecule has 0 saturated carbocycles. The molecule has 1 aromatic carbocycles. The third-order valence-corrected chi connectivity index (χ3v) is 3.87. The lowest BCUT2D eigenvalue weighted by atomic mass is 9.79. The summed E-state index contributed by atoms with van der Waals surface area (Å²) in [5.41, 5.74) is 0.954. The molecule has 0 saturated heterocycles. The predicted molar refractivity (Wildman–Crippen MR) is 79.3 cm³/mol. The van der Waals surface area contributed by atoms with Crippen molar-refractivity contribution in [3.8, 4) is 5.75 Å². The predicted octanol–water partition coefficient (Wildman–Crippen LogP) is 1.37. The van der Waals surface area contributed by atoms with Crippen LogP contribution in [0.1, 0.15) is 30.9 Å². The molecule has 0 heterocycles. The number of rotatable bonds is 6. The standard InChI is InChI=1S/C16H23NO4/c1-3-21-10-15(18)17-11-16(19)8-4-5-12-9-13(20-2)6-7-14(12)16/h6-7,9,19H,3-5,8,10-11H2,1-2H3,(H,17,18)/t16-/m1/s1. The van der Waals surface area contributed by atoms with E-state index < -0.39 is 5.60 Å². The van der Waals surface area contributed by atoms with Crippen LogP contribution < -0.4 is 10.1 Å². The van der Waals surface area contributed by atoms with E-state index in [0.29, 0.717) is 13.0 Å². The molecule has 1 aliphatic carbocycles. The van der Waals surface area contributed by atoms with Crippen LogP contribution >= 0.6 is 0 Å². The number of carbonyl (C=O) groups excluding carboxylic acids is 1. The lowest BCUT2D eigenvalue weighted by Gasteiger charge is -2.34. The third kappa shape index (κ3) is 3.74. The molecule has 1 atom stereocenters. The van der Waals surface area contributed by atoms with E-state index in [-0.39, 0.29) is 19.1 Å². The first kappa shape index (κ1) is 15.8. The minimum atomic E-state index is -1.01. The van der Waals surface area contributed by atoms with Crippen molar-refractivity contribution in [3.05, 3.63) is 29.3 Å². The fourth-order valence-corrected chi connectivity index (χ4v) is 2.74. The van der Waals surface area contributed by atoms with Crippen molar-refractivity contribution in [2.45, 2.75) is 31.8 Å². The minimum Gasteiger partial charge on any atom is -0.497 e. The summed E-state index contributed by atoms with van der Waals surface area (Å²) >= 11 is 0. The first-order valence-electron chi connectivity index (χ1n) is 7.33. The Bertz CT molecular complexity index is 503. The van der Waals surface area contributed by atoms with Gasteiger partial charge in [0.05, 0.1) is 13.7 Å². The summed E-state index contributed by atoms with van der Waals surface area (Å²) in [6, 6.07) is 5.70. The van der Waals surface area contributed by atoms with Gasteiger partial charge >= 0.3 is 0 Å². The molecule has 21 heavy (non-hydrogen) atoms. The Morgan fingerprint density at radius 3 is 3.00 bits per heavy atom. The summed E-state index contributed by atoms with van der Waals surface area (Å²) in [6.45, 7) is 2.58. The largest absolute Gasteiger partial charge is 0.497 e. The van der Waals surface area contributed by atoms with E-state index in [1.165, 1.54) is 0 Å². The number of hydrogen-bond acceptors (Lipinski definition) is 4. The van der Waals surface area contributed by atoms with E-state index in [4.69, 9.17) is 9.47 Å². The Kier molecular flexibility index (Phi) is 5.20. The summed E-state index contributed by atoms with van der Waals surface area (Å²) in [7, 11) is 1.63. The average molecular weight is 293 g/mol. The zero-order chi connectivity index (χ0) is 15.3. The van der Waals surface area contributed by atoms with Crippen molar-refractivity contribution >= 4 is 5.91 Å². The molecule has 116 valence electrons. The molecule has 0 fully saturated rings. The molecule has 1 aromatic rings. The number of fused-ring (bicyclic) bond motifs is 1. The molecule has 5 nitrogen and oxygen atoms in total. The topological polar surface area (TPSA) is 67.8 Å². The van der Waals surface area contributed by atoms with Crippen LogP contribution in [0.2, 0.25) is 0 Å². The maximum Gasteiger partial charge on any atom is 0.246 e. The Hall–Kier alpha value is -1.59. The second-order valence-corrected chi connectivity index (χ2v) is 5.32. The first-order chi connectivity index (χ1) is 10.1. The van der Waals surface area contributed by atoms with Crippen molar-refractivity contribution in [2.75, 3.05) is 26.9 Å². The number of aryl methyl sites for hydroxylation is 1. The van der Waals surface area contributed by atoms with Gasteiger partial charge in [-0.15, -0.1) is 0 Å². The number of methoxy groups -OCH3 is 1. The van der Waals surface area contributed by atoms with E-state index in [0.717, 1.165) is 29.7 Å². The molecule has 1 amide bonds. The van der Waals surface area contributed by atoms with Crippen LogP contribution in [-0.4, -0.2) is 37.9 Å². The second kappa shape index (κ2) is 6.91. The van der Waals surface area contributed by atoms with Crippen molar-refractivity contribution in [1.82, 2.24) is 5.32 Å². The molecule has 0 bridgehead atoms. The van der Waals surface area contributed by atoms with Gasteiger partial charge in [0.1, 0.15) is 18.0 Å². The highest BCUT2D eigenvalue weighted by molar-refractivity contribution is 5.77. The molecular formula is C16H23NO4. The van der Waals surface area contributed by atoms with Crippen LogP contribution in [0.5, 0.6) is 5.75 Å². The highest BCUT2D eigenvalue weighted by Crippen LogP contribution is 2.36. The van der Waals surface area contributed by atoms with Crippen LogP contribution in [0.25, 0.3) is 0 Å². The molecule has 0 spiro atoms. The lowest BCUT2D eigenvalue weighted by Crippen LogP contribution is -2.44. The van der Waals surface area contributed by atoms with E-state index in [9.17, 15) is 9.90 Å². The SMILES string of the molecule is CCOCC(=O)NC[C@]1(O)CCCc2cc(OC)ccc21. The number of benzene rings is 1. The maximum absolute atomic E-state index is 11.6. The van der Waals surface area contributed by atoms with Crippen LogP contribution in [0.4, 0.5) is 0 Å². The zero-order valence-electron chi connectivity index (χ0n) is 12.6. The van der Waals surface area contributed by atoms with Gasteiger partial charge in [-0.3, -0.25) is 4.79 Å². The van der Waals surface area contributed by atoms with Crippen LogP contribution in [0.15, 0.2) is 18.2 Å². The summed E-state index contributed by atoms with van der Waals surface area (Å²) in [6.07, 6.45) is 2.45. The highest BCUT2D eigenvalue weighted by Gasteiger charge is 2.34. The first-order valence-corrected chi connectivity index (χ1v) is 7.33. The molecular weight excluding hydrogens is 270 g/mol. The van der Waals surface area contributed by atoms with Gasteiger partial charge in [-0.25, -0.2) is 0 Å². The number of nitrogens with one attached hydrogen (secondary N) is 1. The molecule has 2 rings (SSSR count). The van der Waals surface area contributed by atoms with E-state index in [2.05, 4.69) is 5.32 Å². The van der Waals surface area contributed by atoms with Gasteiger partial charge in [0.25, 0.3) is 0 Å². The molecule has 0 aliphatic heterocycles. The molecule has 2 N–H and O–H groups in total. The molecule has 0 unspecified atom stereocenters. The number of amides is 1. The van der Waals surface area contributed by atoms with Crippen molar-refractivity contribution in [2.24, 2.45) is 0 Å². The smallest absolute Gasteiger partial charge is 0.246 e. The van der Waals surface area contributed by atoms with Gasteiger partial charge in [0, 0.05) is 6.61 Å². The minimum absolute atomic E-state index is 0.0298. The lowest BCUT2D eigenvalue weighted by molar-refractivity contribution is -0.127. The summed E-state index contributed by atoms with van der Waals surface area (Å²) < 4.78 is 10.3. The fraction of sp³-hybridized carbons (Fsp3) is 0.562. The van der Waals surface area contributed by atoms with Crippen LogP contribution in [0, 0.1) is 0 Å². The number of carbonyl (C=O) groups is 1. The summed E-state index contributed by atoms with van der Waals surface area (Å²) in [5.74, 6) is 0.587. The Labute approximate surface area is 125 Å². The quantitative estimate of drug-likeness (QED) is 0.831. The fourth-order valence-electron chi connectivity index (χ4n) is 2.74. The van der Waals surface area contributed by atoms with Gasteiger partial charge in [-0.1, -0.05) is 6.07 Å². The van der Waals surface area contributed by atoms with Gasteiger partial charge < -0.3 is 19.9 Å². The summed E-state index contributed by atoms with van der Waals surface area (Å²) in [4.78, 5) is 11.6. The molecule has 5 heteroatoms. The van der Waals surface area contributed by atoms with Crippen LogP contribution in [-0.2, 0) is 21.6 Å². The van der Waals surface area contributed by atoms with E-state index in [1.54, 1.807) is 7.11 Å². The maximum atomic E-state index is 11.6. The van der Waals surface area contributed by atoms with E-state index in [1.807, 2.05) is 25.1 Å². The highest BCUT2D eigenvalue weighted by atomic mass is 16.5. The van der Waals surface area contributed by atoms with Gasteiger partial charge in [-0.2, -0.15) is 0 Å². The van der Waals surface area contributed by atoms with Crippen molar-refractivity contribution < 1.29 is 19.4 Å². The van der Waals surface area contributed by atoms with Gasteiger partial charge in [0.15, 0.2) is 0 Å². The zero-order valence-corrected chi connectivity index (χ0v) is 12.6. The Morgan fingerprint density at radius 1 is 1.48 bits per heavy atom. The van der Waals surface area contributed by atoms with Crippen molar-refractivity contribution in [1.29, 1.82) is 0 Å². The number of aliphatic hydroxyl groups is 1. The second-order valence-electron chi connectivity index (χ2n) is 5.32. The Morgan fingerprint density at radius 2 is 2.29 bits per heavy atom. The van der Waals surface area contributed by atoms with Crippen molar-refractivity contribution in [3.63, 3.8) is 0 Å². The van der Waals surface area contributed by atoms with Crippen LogP contribution in [0.3, 0.4) is 0 Å². The molecule has 0 aromatic heterocycles. The third-order valence-electron chi connectivity index (χ3n) is 3.87. The number of hydrogen-bond donors (Lipinski definition) is 2. The average Bonchev–Trinajstić information content (AvgIpc) is 2.51. The van der Waals surface area contributed by atoms with E-state index >= 15 is 0 Å². The number of ether oxygens (including phenoxy) is 2. The van der Waals surface area contributed by atoms with Gasteiger partial charge in [0.2, 0.25) is 5.91 Å². The van der Waals surface area contributed by atoms with Gasteiger partial charge in [-0.05, 0) is 49.4 Å². The molecule has 0 radical (unpaired) electrons. The Balaban J connectivity index is 2.08.